The molecule has 11 heavy (non-hydrogen) atoms. The summed E-state index contributed by atoms with van der Waals surface area (Å²) in [6.07, 6.45) is 0. The Hall–Kier alpha value is 0.482. The lowest BCUT2D eigenvalue weighted by Crippen LogP contribution is -1.80. The topological polar surface area (TPSA) is 132 Å². The molecule has 0 aromatic rings. The van der Waals surface area contributed by atoms with Crippen molar-refractivity contribution >= 4 is 35.7 Å². The molecule has 11 heteroatoms. The summed E-state index contributed by atoms with van der Waals surface area (Å²) in [4.78, 5) is 21.6. The minimum atomic E-state index is -5.17. The lowest BCUT2D eigenvalue weighted by atomic mass is 15.8. The average molecular weight is 228 g/mol. The second kappa shape index (κ2) is 6.05. The van der Waals surface area contributed by atoms with Gasteiger partial charge in [0.05, 0.1) is 0 Å². The van der Waals surface area contributed by atoms with Crippen molar-refractivity contribution in [2.75, 3.05) is 0 Å². The van der Waals surface area contributed by atoms with E-state index in [0.29, 0.717) is 0 Å². The van der Waals surface area contributed by atoms with Crippen LogP contribution in [0.5, 0.6) is 0 Å². The number of hydrogen-bond acceptors (Lipinski definition) is 3. The first-order valence-electron chi connectivity index (χ1n) is 1.45. The highest BCUT2D eigenvalue weighted by Gasteiger charge is 2.00. The molecule has 0 atom stereocenters. The molecule has 0 aliphatic heterocycles. The minimum Gasteiger partial charge on any atom is -0.303 e. The Morgan fingerprint density at radius 1 is 1.18 bits per heavy atom. The third-order valence-electron chi connectivity index (χ3n) is 0. The predicted octanol–water partition coefficient (Wildman–Crippen LogP) is -2.35. The van der Waals surface area contributed by atoms with Gasteiger partial charge in [-0.2, -0.15) is 8.42 Å². The molecule has 7 nitrogen and oxygen atoms in total. The van der Waals surface area contributed by atoms with Crippen molar-refractivity contribution in [1.82, 2.24) is 0 Å². The fourth-order valence-corrected chi connectivity index (χ4v) is 0. The van der Waals surface area contributed by atoms with Crippen LogP contribution < -0.4 is 0 Å². The van der Waals surface area contributed by atoms with Gasteiger partial charge >= 0.3 is 18.3 Å². The summed E-state index contributed by atoms with van der Waals surface area (Å²) in [5, 5.41) is 0. The summed E-state index contributed by atoms with van der Waals surface area (Å²) < 4.78 is 43.0. The molecule has 0 aromatic heterocycles. The third-order valence-corrected chi connectivity index (χ3v) is 0. The van der Waals surface area contributed by atoms with E-state index in [0.717, 1.165) is 0 Å². The van der Waals surface area contributed by atoms with Crippen LogP contribution in [0.4, 0.5) is 3.89 Å². The van der Waals surface area contributed by atoms with Crippen molar-refractivity contribution in [2.24, 2.45) is 0 Å². The Labute approximate surface area is 72.3 Å². The molecule has 0 unspecified atom stereocenters. The van der Waals surface area contributed by atoms with E-state index in [9.17, 15) is 3.89 Å². The Morgan fingerprint density at radius 3 is 1.18 bits per heavy atom. The maximum atomic E-state index is 10.2. The van der Waals surface area contributed by atoms with Gasteiger partial charge in [0.25, 0.3) is 0 Å². The van der Waals surface area contributed by atoms with Crippen molar-refractivity contribution in [1.29, 1.82) is 0 Å². The number of rotatable bonds is 0. The quantitative estimate of drug-likeness (QED) is 0.158. The van der Waals surface area contributed by atoms with Crippen LogP contribution in [0.25, 0.3) is 0 Å². The van der Waals surface area contributed by atoms with Gasteiger partial charge in [-0.15, -0.1) is 0 Å². The number of hydrogen-bond donors (Lipinski definition) is 4. The van der Waals surface area contributed by atoms with Crippen molar-refractivity contribution in [3.8, 4) is 0 Å². The van der Waals surface area contributed by atoms with E-state index < -0.39 is 18.3 Å². The zero-order valence-electron chi connectivity index (χ0n) is 4.25. The first-order chi connectivity index (χ1) is 4.00. The van der Waals surface area contributed by atoms with E-state index in [2.05, 4.69) is 0 Å². The maximum Gasteiger partial charge on any atom is 0.466 e. The number of phosphoric acid groups is 1. The monoisotopic (exact) mass is 228 g/mol. The molecule has 0 saturated heterocycles. The zero-order chi connectivity index (χ0) is 9.00. The Kier molecular flexibility index (Phi) is 9.64. The van der Waals surface area contributed by atoms with E-state index in [1.54, 1.807) is 0 Å². The molecule has 0 aliphatic carbocycles. The standard InChI is InChI=1S/Al.FHO3S.H3O4P.3H/c;2*1-5(2,3)4;;;/h;(H,2,3,4);(H3,1,2,3,4);;;. The van der Waals surface area contributed by atoms with Crippen LogP contribution in [0.2, 0.25) is 0 Å². The first kappa shape index (κ1) is 17.5. The molecular formula is H7AlFO7PS. The molecule has 70 valence electrons. The van der Waals surface area contributed by atoms with Gasteiger partial charge in [0.15, 0.2) is 17.4 Å². The van der Waals surface area contributed by atoms with E-state index in [1.165, 1.54) is 0 Å². The molecular weight excluding hydrogens is 221 g/mol. The van der Waals surface area contributed by atoms with Gasteiger partial charge in [0.1, 0.15) is 0 Å². The molecule has 0 heterocycles. The van der Waals surface area contributed by atoms with Gasteiger partial charge in [0.2, 0.25) is 0 Å². The van der Waals surface area contributed by atoms with Crippen molar-refractivity contribution < 1.29 is 36.1 Å². The molecule has 0 aliphatic rings. The molecule has 0 spiro atoms. The van der Waals surface area contributed by atoms with E-state index in [4.69, 9.17) is 32.2 Å². The molecule has 0 aromatic carbocycles. The van der Waals surface area contributed by atoms with Gasteiger partial charge < -0.3 is 14.7 Å². The molecule has 0 amide bonds. The molecule has 0 bridgehead atoms. The van der Waals surface area contributed by atoms with Gasteiger partial charge in [0, 0.05) is 0 Å². The third kappa shape index (κ3) is 3240. The zero-order valence-corrected chi connectivity index (χ0v) is 5.96. The van der Waals surface area contributed by atoms with Gasteiger partial charge in [-0.25, -0.2) is 4.57 Å². The fourth-order valence-electron chi connectivity index (χ4n) is 0. The Bertz CT molecular complexity index is 196. The van der Waals surface area contributed by atoms with E-state index in [1.807, 2.05) is 0 Å². The van der Waals surface area contributed by atoms with Crippen molar-refractivity contribution in [3.63, 3.8) is 0 Å². The Morgan fingerprint density at radius 2 is 1.18 bits per heavy atom. The smallest absolute Gasteiger partial charge is 0.303 e. The van der Waals surface area contributed by atoms with Crippen molar-refractivity contribution in [3.05, 3.63) is 0 Å². The summed E-state index contributed by atoms with van der Waals surface area (Å²) in [5.41, 5.74) is 0. The second-order valence-corrected chi connectivity index (χ2v) is 2.78. The summed E-state index contributed by atoms with van der Waals surface area (Å²) >= 11 is 0. The summed E-state index contributed by atoms with van der Waals surface area (Å²) in [6.45, 7) is 0. The Balaban J connectivity index is -0.000000107. The van der Waals surface area contributed by atoms with E-state index in [-0.39, 0.29) is 17.4 Å². The number of halogens is 1. The molecule has 0 rings (SSSR count). The van der Waals surface area contributed by atoms with Crippen LogP contribution in [-0.2, 0) is 15.1 Å². The molecule has 0 saturated carbocycles. The lowest BCUT2D eigenvalue weighted by Gasteiger charge is -1.82. The second-order valence-electron chi connectivity index (χ2n) is 0.925. The van der Waals surface area contributed by atoms with Crippen LogP contribution in [0.3, 0.4) is 0 Å². The summed E-state index contributed by atoms with van der Waals surface area (Å²) in [6, 6.07) is 0. The highest BCUT2D eigenvalue weighted by molar-refractivity contribution is 7.80. The summed E-state index contributed by atoms with van der Waals surface area (Å²) in [7, 11) is -9.81. The molecule has 0 radical (unpaired) electrons. The molecule has 4 N–H and O–H groups in total. The molecule has 0 fully saturated rings. The van der Waals surface area contributed by atoms with Gasteiger partial charge in [-0.3, -0.25) is 4.55 Å². The summed E-state index contributed by atoms with van der Waals surface area (Å²) in [5.74, 6) is 0. The first-order valence-corrected chi connectivity index (χ1v) is 4.36. The highest BCUT2D eigenvalue weighted by atomic mass is 32.3. The minimum absolute atomic E-state index is 0. The van der Waals surface area contributed by atoms with Gasteiger partial charge in [-0.1, -0.05) is 3.89 Å². The van der Waals surface area contributed by atoms with E-state index >= 15 is 0 Å². The SMILES string of the molecule is O=P(O)(O)O.O=S(=O)(O)F.[AlH3]. The normalized spacial score (nSPS) is 10.6. The largest absolute Gasteiger partial charge is 0.466 e. The van der Waals surface area contributed by atoms with Crippen LogP contribution in [-0.4, -0.2) is 45.0 Å². The van der Waals surface area contributed by atoms with Crippen LogP contribution in [0, 0.1) is 0 Å². The van der Waals surface area contributed by atoms with Crippen molar-refractivity contribution in [2.45, 2.75) is 0 Å². The lowest BCUT2D eigenvalue weighted by molar-refractivity contribution is 0.275. The predicted molar refractivity (Wildman–Crippen MR) is 36.9 cm³/mol. The van der Waals surface area contributed by atoms with Crippen LogP contribution in [0.15, 0.2) is 0 Å². The maximum absolute atomic E-state index is 10.2. The average Bonchev–Trinajstić information content (AvgIpc) is 1.12. The fraction of sp³-hybridized carbons (Fsp3) is 0. The van der Waals surface area contributed by atoms with Crippen LogP contribution in [0.1, 0.15) is 0 Å². The van der Waals surface area contributed by atoms with Gasteiger partial charge in [-0.05, 0) is 0 Å². The van der Waals surface area contributed by atoms with Crippen LogP contribution >= 0.6 is 7.82 Å². The highest BCUT2D eigenvalue weighted by Crippen LogP contribution is 2.25.